The van der Waals surface area contributed by atoms with E-state index in [1.54, 1.807) is 6.20 Å². The summed E-state index contributed by atoms with van der Waals surface area (Å²) in [7, 11) is 1.98. The molecule has 1 saturated carbocycles. The predicted octanol–water partition coefficient (Wildman–Crippen LogP) is 3.90. The zero-order valence-corrected chi connectivity index (χ0v) is 15.0. The van der Waals surface area contributed by atoms with E-state index in [1.165, 1.54) is 25.7 Å². The number of rotatable bonds is 4. The van der Waals surface area contributed by atoms with Gasteiger partial charge in [-0.25, -0.2) is 15.0 Å². The number of aryl methyl sites for hydroxylation is 1. The predicted molar refractivity (Wildman–Crippen MR) is 99.5 cm³/mol. The topological polar surface area (TPSA) is 68.5 Å². The van der Waals surface area contributed by atoms with Gasteiger partial charge in [0.1, 0.15) is 11.0 Å². The van der Waals surface area contributed by atoms with Crippen molar-refractivity contribution in [1.82, 2.24) is 24.7 Å². The summed E-state index contributed by atoms with van der Waals surface area (Å²) in [5, 5.41) is 8.02. The first-order valence-corrected chi connectivity index (χ1v) is 9.05. The fourth-order valence-electron chi connectivity index (χ4n) is 3.70. The second-order valence-corrected chi connectivity index (χ2v) is 7.12. The van der Waals surface area contributed by atoms with Gasteiger partial charge in [-0.2, -0.15) is 5.10 Å². The molecule has 0 unspecified atom stereocenters. The lowest BCUT2D eigenvalue weighted by Crippen LogP contribution is -2.16. The Bertz CT molecular complexity index is 892. The van der Waals surface area contributed by atoms with Crippen molar-refractivity contribution < 1.29 is 0 Å². The minimum Gasteiger partial charge on any atom is -0.351 e. The van der Waals surface area contributed by atoms with Gasteiger partial charge in [-0.15, -0.1) is 0 Å². The van der Waals surface area contributed by atoms with Crippen LogP contribution in [0.1, 0.15) is 51.1 Å². The van der Waals surface area contributed by atoms with Gasteiger partial charge in [0.2, 0.25) is 5.95 Å². The standard InChI is InChI=1S/C19H24N6/c1-12(2)18-17-16(24-25(18)3)9-8-14(22-17)15-10-11-20-19(23-15)21-13-6-4-5-7-13/h8-13H,4-7H2,1-3H3,(H,20,21,23). The van der Waals surface area contributed by atoms with E-state index in [-0.39, 0.29) is 0 Å². The van der Waals surface area contributed by atoms with Crippen LogP contribution >= 0.6 is 0 Å². The van der Waals surface area contributed by atoms with Crippen molar-refractivity contribution in [1.29, 1.82) is 0 Å². The minimum absolute atomic E-state index is 0.364. The fraction of sp³-hybridized carbons (Fsp3) is 0.474. The average molecular weight is 336 g/mol. The molecular formula is C19H24N6. The van der Waals surface area contributed by atoms with Gasteiger partial charge < -0.3 is 5.32 Å². The smallest absolute Gasteiger partial charge is 0.223 e. The Morgan fingerprint density at radius 2 is 1.84 bits per heavy atom. The van der Waals surface area contributed by atoms with Gasteiger partial charge >= 0.3 is 0 Å². The number of hydrogen-bond acceptors (Lipinski definition) is 5. The highest BCUT2D eigenvalue weighted by molar-refractivity contribution is 5.80. The van der Waals surface area contributed by atoms with Crippen LogP contribution in [-0.2, 0) is 7.05 Å². The van der Waals surface area contributed by atoms with E-state index in [0.29, 0.717) is 17.9 Å². The molecule has 0 aromatic carbocycles. The molecule has 0 aliphatic heterocycles. The van der Waals surface area contributed by atoms with E-state index >= 15 is 0 Å². The van der Waals surface area contributed by atoms with Gasteiger partial charge in [-0.1, -0.05) is 26.7 Å². The maximum atomic E-state index is 4.86. The molecule has 3 heterocycles. The monoisotopic (exact) mass is 336 g/mol. The molecule has 1 aliphatic carbocycles. The van der Waals surface area contributed by atoms with Gasteiger partial charge in [0.15, 0.2) is 0 Å². The molecule has 0 amide bonds. The molecule has 25 heavy (non-hydrogen) atoms. The van der Waals surface area contributed by atoms with Crippen LogP contribution in [0.5, 0.6) is 0 Å². The first kappa shape index (κ1) is 16.0. The van der Waals surface area contributed by atoms with E-state index in [9.17, 15) is 0 Å². The van der Waals surface area contributed by atoms with E-state index in [4.69, 9.17) is 4.98 Å². The Morgan fingerprint density at radius 3 is 2.60 bits per heavy atom. The maximum absolute atomic E-state index is 4.86. The van der Waals surface area contributed by atoms with Gasteiger partial charge in [0.05, 0.1) is 17.1 Å². The number of fused-ring (bicyclic) bond motifs is 1. The third-order valence-electron chi connectivity index (χ3n) is 4.88. The SMILES string of the molecule is CC(C)c1c2nc(-c3ccnc(NC4CCCC4)n3)ccc2nn1C. The highest BCUT2D eigenvalue weighted by atomic mass is 15.3. The third kappa shape index (κ3) is 3.08. The van der Waals surface area contributed by atoms with Gasteiger partial charge in [-0.3, -0.25) is 4.68 Å². The molecule has 130 valence electrons. The molecule has 0 spiro atoms. The Labute approximate surface area is 147 Å². The van der Waals surface area contributed by atoms with Crippen LogP contribution in [0.2, 0.25) is 0 Å². The number of aromatic nitrogens is 5. The lowest BCUT2D eigenvalue weighted by atomic mass is 10.1. The maximum Gasteiger partial charge on any atom is 0.223 e. The van der Waals surface area contributed by atoms with Crippen molar-refractivity contribution >= 4 is 17.0 Å². The van der Waals surface area contributed by atoms with Crippen molar-refractivity contribution in [2.45, 2.75) is 51.5 Å². The molecule has 6 heteroatoms. The van der Waals surface area contributed by atoms with Crippen molar-refractivity contribution in [2.24, 2.45) is 7.05 Å². The first-order valence-electron chi connectivity index (χ1n) is 9.05. The van der Waals surface area contributed by atoms with E-state index < -0.39 is 0 Å². The zero-order chi connectivity index (χ0) is 17.4. The number of anilines is 1. The van der Waals surface area contributed by atoms with Gasteiger partial charge in [0, 0.05) is 19.3 Å². The summed E-state index contributed by atoms with van der Waals surface area (Å²) in [5.74, 6) is 1.06. The summed E-state index contributed by atoms with van der Waals surface area (Å²) >= 11 is 0. The molecule has 3 aromatic rings. The van der Waals surface area contributed by atoms with Crippen LogP contribution in [0, 0.1) is 0 Å². The minimum atomic E-state index is 0.364. The lowest BCUT2D eigenvalue weighted by Gasteiger charge is -2.12. The Balaban J connectivity index is 1.70. The van der Waals surface area contributed by atoms with Crippen LogP contribution in [0.3, 0.4) is 0 Å². The molecule has 4 rings (SSSR count). The number of pyridine rings is 1. The zero-order valence-electron chi connectivity index (χ0n) is 15.0. The largest absolute Gasteiger partial charge is 0.351 e. The average Bonchev–Trinajstić information content (AvgIpc) is 3.20. The number of hydrogen-bond donors (Lipinski definition) is 1. The van der Waals surface area contributed by atoms with Crippen molar-refractivity contribution in [3.63, 3.8) is 0 Å². The molecule has 0 saturated heterocycles. The Kier molecular flexibility index (Phi) is 4.11. The summed E-state index contributed by atoms with van der Waals surface area (Å²) in [4.78, 5) is 13.9. The van der Waals surface area contributed by atoms with E-state index in [2.05, 4.69) is 34.2 Å². The second-order valence-electron chi connectivity index (χ2n) is 7.12. The third-order valence-corrected chi connectivity index (χ3v) is 4.88. The van der Waals surface area contributed by atoms with Crippen LogP contribution < -0.4 is 5.32 Å². The molecule has 1 N–H and O–H groups in total. The molecule has 0 bridgehead atoms. The molecule has 6 nitrogen and oxygen atoms in total. The summed E-state index contributed by atoms with van der Waals surface area (Å²) < 4.78 is 1.93. The van der Waals surface area contributed by atoms with Crippen LogP contribution in [0.4, 0.5) is 5.95 Å². The molecular weight excluding hydrogens is 312 g/mol. The number of nitrogens with one attached hydrogen (secondary N) is 1. The highest BCUT2D eigenvalue weighted by Gasteiger charge is 2.17. The normalized spacial score (nSPS) is 15.4. The molecule has 1 fully saturated rings. The van der Waals surface area contributed by atoms with E-state index in [1.807, 2.05) is 29.9 Å². The van der Waals surface area contributed by atoms with Crippen LogP contribution in [0.15, 0.2) is 24.4 Å². The highest BCUT2D eigenvalue weighted by Crippen LogP contribution is 2.26. The Morgan fingerprint density at radius 1 is 1.08 bits per heavy atom. The molecule has 0 atom stereocenters. The molecule has 3 aromatic heterocycles. The second kappa shape index (κ2) is 6.43. The molecule has 1 aliphatic rings. The quantitative estimate of drug-likeness (QED) is 0.782. The van der Waals surface area contributed by atoms with Crippen LogP contribution in [0.25, 0.3) is 22.4 Å². The fourth-order valence-corrected chi connectivity index (χ4v) is 3.70. The summed E-state index contributed by atoms with van der Waals surface area (Å²) in [6.45, 7) is 4.33. The lowest BCUT2D eigenvalue weighted by molar-refractivity contribution is 0.676. The van der Waals surface area contributed by atoms with Crippen molar-refractivity contribution in [2.75, 3.05) is 5.32 Å². The summed E-state index contributed by atoms with van der Waals surface area (Å²) in [5.41, 5.74) is 4.73. The molecule has 0 radical (unpaired) electrons. The van der Waals surface area contributed by atoms with Gasteiger partial charge in [-0.05, 0) is 37.0 Å². The van der Waals surface area contributed by atoms with Crippen molar-refractivity contribution in [3.8, 4) is 11.4 Å². The first-order chi connectivity index (χ1) is 12.1. The number of nitrogens with zero attached hydrogens (tertiary/aromatic N) is 5. The summed E-state index contributed by atoms with van der Waals surface area (Å²) in [6, 6.07) is 6.42. The Hall–Kier alpha value is -2.50. The van der Waals surface area contributed by atoms with Gasteiger partial charge in [0.25, 0.3) is 0 Å². The van der Waals surface area contributed by atoms with Crippen molar-refractivity contribution in [3.05, 3.63) is 30.1 Å². The van der Waals surface area contributed by atoms with Crippen LogP contribution in [-0.4, -0.2) is 30.8 Å². The van der Waals surface area contributed by atoms with E-state index in [0.717, 1.165) is 28.1 Å². The summed E-state index contributed by atoms with van der Waals surface area (Å²) in [6.07, 6.45) is 6.78.